The minimum absolute atomic E-state index is 0.979. The van der Waals surface area contributed by atoms with Crippen molar-refractivity contribution < 1.29 is 0 Å². The maximum atomic E-state index is 5.05. The summed E-state index contributed by atoms with van der Waals surface area (Å²) in [5.41, 5.74) is 0. The Bertz CT molecular complexity index is 112. The molecule has 0 rings (SSSR count). The highest BCUT2D eigenvalue weighted by Crippen LogP contribution is 2.55. The normalized spacial score (nSPS) is 10.2. The second-order valence-corrected chi connectivity index (χ2v) is 13.9. The molecule has 0 aromatic heterocycles. The van der Waals surface area contributed by atoms with Crippen LogP contribution < -0.4 is 0 Å². The predicted molar refractivity (Wildman–Crippen MR) is 85.0 cm³/mol. The lowest BCUT2D eigenvalue weighted by Crippen LogP contribution is -1.75. The van der Waals surface area contributed by atoms with E-state index in [0.717, 1.165) is 10.6 Å². The Kier molecular flexibility index (Phi) is 14.8. The summed E-state index contributed by atoms with van der Waals surface area (Å²) in [5, 5.41) is 0. The van der Waals surface area contributed by atoms with E-state index in [4.69, 9.17) is 12.2 Å². The zero-order valence-electron chi connectivity index (χ0n) is 5.92. The minimum atomic E-state index is 0.979. The monoisotopic (exact) mass is 330 g/mol. The third-order valence-corrected chi connectivity index (χ3v) is 14.7. The van der Waals surface area contributed by atoms with Gasteiger partial charge in [0, 0.05) is 0 Å². The molecule has 0 saturated heterocycles. The first-order valence-electron chi connectivity index (χ1n) is 2.65. The molecule has 9 heteroatoms. The predicted octanol–water partition coefficient (Wildman–Crippen LogP) is 6.19. The molecule has 0 unspecified atom stereocenters. The van der Waals surface area contributed by atoms with Gasteiger partial charge in [0.25, 0.3) is 0 Å². The third kappa shape index (κ3) is 11.0. The molecule has 72 valence electrons. The van der Waals surface area contributed by atoms with Gasteiger partial charge in [0.1, 0.15) is 0 Å². The van der Waals surface area contributed by atoms with Crippen LogP contribution in [-0.2, 0) is 0 Å². The van der Waals surface area contributed by atoms with E-state index in [-0.39, 0.29) is 0 Å². The summed E-state index contributed by atoms with van der Waals surface area (Å²) in [6, 6.07) is 0. The number of rotatable bonds is 7. The maximum Gasteiger partial charge on any atom is 0.0593 e. The van der Waals surface area contributed by atoms with Crippen molar-refractivity contribution in [1.29, 1.82) is 0 Å². The quantitative estimate of drug-likeness (QED) is 0.251. The Morgan fingerprint density at radius 2 is 1.75 bits per heavy atom. The van der Waals surface area contributed by atoms with Gasteiger partial charge in [-0.05, 0) is 76.2 Å². The summed E-state index contributed by atoms with van der Waals surface area (Å²) in [7, 11) is 11.7. The molecular formula is C3H6S9. The lowest BCUT2D eigenvalue weighted by Gasteiger charge is -1.96. The second-order valence-electron chi connectivity index (χ2n) is 1.22. The van der Waals surface area contributed by atoms with Gasteiger partial charge in [-0.25, -0.2) is 0 Å². The maximum absolute atomic E-state index is 5.05. The topological polar surface area (TPSA) is 0 Å². The smallest absolute Gasteiger partial charge is 0.0593 e. The molecule has 0 nitrogen and oxygen atoms in total. The fourth-order valence-corrected chi connectivity index (χ4v) is 14.7. The van der Waals surface area contributed by atoms with Gasteiger partial charge in [-0.1, -0.05) is 30.8 Å². The van der Waals surface area contributed by atoms with Crippen LogP contribution in [0.4, 0.5) is 0 Å². The van der Waals surface area contributed by atoms with Crippen molar-refractivity contribution >= 4 is 97.8 Å². The van der Waals surface area contributed by atoms with Gasteiger partial charge in [0.2, 0.25) is 0 Å². The van der Waals surface area contributed by atoms with E-state index < -0.39 is 0 Å². The highest BCUT2D eigenvalue weighted by atomic mass is 34.0. The van der Waals surface area contributed by atoms with Crippen LogP contribution in [-0.4, -0.2) is 4.20 Å². The van der Waals surface area contributed by atoms with Crippen LogP contribution >= 0.6 is 93.6 Å². The molecule has 0 aromatic carbocycles. The molecule has 0 saturated carbocycles. The van der Waals surface area contributed by atoms with Gasteiger partial charge < -0.3 is 0 Å². The Labute approximate surface area is 110 Å². The molecule has 0 atom stereocenters. The van der Waals surface area contributed by atoms with Crippen molar-refractivity contribution in [3.8, 4) is 0 Å². The zero-order valence-corrected chi connectivity index (χ0v) is 13.3. The van der Waals surface area contributed by atoms with E-state index in [1.54, 1.807) is 59.9 Å². The van der Waals surface area contributed by atoms with E-state index in [1.807, 2.05) is 0 Å². The van der Waals surface area contributed by atoms with Crippen molar-refractivity contribution in [2.75, 3.05) is 0 Å². The minimum Gasteiger partial charge on any atom is -0.0988 e. The standard InChI is InChI=1S/C3H6S9/c1-2-3(4)6-8-10-12-11-9-7-5/h5H,2H2,1H3. The fourth-order valence-electron chi connectivity index (χ4n) is 0.157. The molecule has 0 aliphatic rings. The zero-order chi connectivity index (χ0) is 9.23. The summed E-state index contributed by atoms with van der Waals surface area (Å²) in [6.07, 6.45) is 0.979. The molecule has 12 heavy (non-hydrogen) atoms. The number of thiocarbonyl (C=S) groups is 1. The van der Waals surface area contributed by atoms with Crippen LogP contribution in [0.15, 0.2) is 0 Å². The van der Waals surface area contributed by atoms with Crippen molar-refractivity contribution in [2.45, 2.75) is 13.3 Å². The number of thiol groups is 1. The number of hydrogen-bond donors (Lipinski definition) is 1. The fraction of sp³-hybridized carbons (Fsp3) is 0.667. The SMILES string of the molecule is CCC(=S)SSSSSSSS. The van der Waals surface area contributed by atoms with Crippen LogP contribution in [0.25, 0.3) is 0 Å². The van der Waals surface area contributed by atoms with Crippen molar-refractivity contribution in [2.24, 2.45) is 0 Å². The van der Waals surface area contributed by atoms with E-state index in [9.17, 15) is 0 Å². The second kappa shape index (κ2) is 12.0. The summed E-state index contributed by atoms with van der Waals surface area (Å²) in [4.78, 5) is 0. The molecular weight excluding hydrogens is 325 g/mol. The van der Waals surface area contributed by atoms with Gasteiger partial charge >= 0.3 is 0 Å². The molecule has 0 aliphatic heterocycles. The molecule has 0 heterocycles. The Morgan fingerprint density at radius 1 is 1.17 bits per heavy atom. The molecule has 0 N–H and O–H groups in total. The van der Waals surface area contributed by atoms with Crippen LogP contribution in [0, 0.1) is 0 Å². The molecule has 0 aliphatic carbocycles. The van der Waals surface area contributed by atoms with E-state index in [1.165, 1.54) is 9.83 Å². The van der Waals surface area contributed by atoms with Gasteiger partial charge in [0.15, 0.2) is 0 Å². The third-order valence-electron chi connectivity index (χ3n) is 0.557. The average Bonchev–Trinajstić information content (AvgIpc) is 2.10. The molecule has 0 amide bonds. The van der Waals surface area contributed by atoms with Gasteiger partial charge in [-0.2, -0.15) is 0 Å². The first-order valence-corrected chi connectivity index (χ1v) is 12.9. The molecule has 0 spiro atoms. The van der Waals surface area contributed by atoms with Gasteiger partial charge in [-0.15, -0.1) is 0 Å². The molecule has 0 bridgehead atoms. The van der Waals surface area contributed by atoms with Gasteiger partial charge in [0.05, 0.1) is 4.20 Å². The summed E-state index contributed by atoms with van der Waals surface area (Å²) >= 11 is 9.04. The van der Waals surface area contributed by atoms with Crippen LogP contribution in [0.1, 0.15) is 13.3 Å². The largest absolute Gasteiger partial charge is 0.0988 e. The first-order chi connectivity index (χ1) is 5.81. The van der Waals surface area contributed by atoms with Crippen LogP contribution in [0.5, 0.6) is 0 Å². The van der Waals surface area contributed by atoms with Gasteiger partial charge in [-0.3, -0.25) is 0 Å². The van der Waals surface area contributed by atoms with Crippen molar-refractivity contribution in [3.63, 3.8) is 0 Å². The van der Waals surface area contributed by atoms with Crippen molar-refractivity contribution in [3.05, 3.63) is 0 Å². The van der Waals surface area contributed by atoms with E-state index >= 15 is 0 Å². The van der Waals surface area contributed by atoms with Crippen molar-refractivity contribution in [1.82, 2.24) is 0 Å². The summed E-state index contributed by atoms with van der Waals surface area (Å²) in [5.74, 6) is 0. The van der Waals surface area contributed by atoms with E-state index in [2.05, 4.69) is 18.6 Å². The Morgan fingerprint density at radius 3 is 2.33 bits per heavy atom. The molecule has 0 aromatic rings. The Balaban J connectivity index is 2.95. The highest BCUT2D eigenvalue weighted by molar-refractivity contribution is 9.48. The highest BCUT2D eigenvalue weighted by Gasteiger charge is 1.97. The summed E-state index contributed by atoms with van der Waals surface area (Å²) in [6.45, 7) is 2.08. The number of hydrogen-bond acceptors (Lipinski definition) is 9. The average molecular weight is 331 g/mol. The molecule has 0 fully saturated rings. The lowest BCUT2D eigenvalue weighted by atomic mass is 10.6. The Hall–Kier alpha value is 2.89. The van der Waals surface area contributed by atoms with E-state index in [0.29, 0.717) is 0 Å². The molecule has 0 radical (unpaired) electrons. The first kappa shape index (κ1) is 14.9. The lowest BCUT2D eigenvalue weighted by molar-refractivity contribution is 1.35. The van der Waals surface area contributed by atoms with Crippen LogP contribution in [0.3, 0.4) is 0 Å². The van der Waals surface area contributed by atoms with Crippen LogP contribution in [0.2, 0.25) is 0 Å². The summed E-state index contributed by atoms with van der Waals surface area (Å²) < 4.78 is 1.06.